The van der Waals surface area contributed by atoms with Crippen LogP contribution in [0.5, 0.6) is 0 Å². The van der Waals surface area contributed by atoms with Crippen molar-refractivity contribution >= 4 is 5.91 Å². The molecule has 0 radical (unpaired) electrons. The van der Waals surface area contributed by atoms with Gasteiger partial charge in [-0.2, -0.15) is 0 Å². The van der Waals surface area contributed by atoms with Gasteiger partial charge in [-0.3, -0.25) is 14.7 Å². The van der Waals surface area contributed by atoms with Crippen molar-refractivity contribution in [3.63, 3.8) is 0 Å². The number of amides is 1. The lowest BCUT2D eigenvalue weighted by molar-refractivity contribution is -0.138. The zero-order valence-electron chi connectivity index (χ0n) is 15.5. The van der Waals surface area contributed by atoms with Crippen LogP contribution in [0, 0.1) is 17.3 Å². The Kier molecular flexibility index (Phi) is 4.95. The standard InChI is InChI=1S/C20H31N3O/c1-20(2,3)19(24)23-13-16-6-5-7-18(17(16)14-23)22(4)12-15-8-10-21-11-9-15/h8-11,16-18H,5-7,12-14H2,1-4H3. The SMILES string of the molecule is CN(Cc1ccncc1)C1CCCC2CN(C(=O)C(C)(C)C)CC21. The van der Waals surface area contributed by atoms with Gasteiger partial charge in [0.25, 0.3) is 0 Å². The summed E-state index contributed by atoms with van der Waals surface area (Å²) < 4.78 is 0. The summed E-state index contributed by atoms with van der Waals surface area (Å²) in [5.74, 6) is 1.61. The fourth-order valence-corrected chi connectivity index (χ4v) is 4.52. The van der Waals surface area contributed by atoms with E-state index in [1.807, 2.05) is 33.2 Å². The van der Waals surface area contributed by atoms with Crippen LogP contribution in [0.15, 0.2) is 24.5 Å². The predicted molar refractivity (Wildman–Crippen MR) is 96.4 cm³/mol. The van der Waals surface area contributed by atoms with Crippen molar-refractivity contribution in [1.82, 2.24) is 14.8 Å². The number of likely N-dealkylation sites (tertiary alicyclic amines) is 1. The fourth-order valence-electron chi connectivity index (χ4n) is 4.52. The van der Waals surface area contributed by atoms with Crippen LogP contribution in [0.2, 0.25) is 0 Å². The van der Waals surface area contributed by atoms with Crippen LogP contribution in [0.25, 0.3) is 0 Å². The smallest absolute Gasteiger partial charge is 0.227 e. The molecule has 1 aliphatic heterocycles. The molecule has 4 heteroatoms. The van der Waals surface area contributed by atoms with Gasteiger partial charge in [0.1, 0.15) is 0 Å². The number of pyridine rings is 1. The number of carbonyl (C=O) groups excluding carboxylic acids is 1. The van der Waals surface area contributed by atoms with E-state index in [-0.39, 0.29) is 5.41 Å². The van der Waals surface area contributed by atoms with E-state index < -0.39 is 0 Å². The molecule has 0 spiro atoms. The Bertz CT molecular complexity index is 566. The maximum Gasteiger partial charge on any atom is 0.227 e. The molecule has 0 bridgehead atoms. The van der Waals surface area contributed by atoms with Gasteiger partial charge in [-0.05, 0) is 49.4 Å². The Hall–Kier alpha value is -1.42. The first-order chi connectivity index (χ1) is 11.4. The second-order valence-electron chi connectivity index (χ2n) is 8.65. The zero-order chi connectivity index (χ0) is 17.3. The third-order valence-corrected chi connectivity index (χ3v) is 5.74. The molecule has 1 saturated heterocycles. The number of nitrogens with zero attached hydrogens (tertiary/aromatic N) is 3. The van der Waals surface area contributed by atoms with E-state index in [0.29, 0.717) is 23.8 Å². The maximum absolute atomic E-state index is 12.7. The highest BCUT2D eigenvalue weighted by molar-refractivity contribution is 5.81. The first-order valence-corrected chi connectivity index (χ1v) is 9.25. The number of carbonyl (C=O) groups is 1. The minimum atomic E-state index is -0.272. The molecule has 2 fully saturated rings. The van der Waals surface area contributed by atoms with E-state index in [4.69, 9.17) is 0 Å². The van der Waals surface area contributed by atoms with Gasteiger partial charge < -0.3 is 4.90 Å². The normalized spacial score (nSPS) is 27.4. The summed E-state index contributed by atoms with van der Waals surface area (Å²) >= 11 is 0. The molecule has 2 aliphatic rings. The van der Waals surface area contributed by atoms with E-state index in [1.165, 1.54) is 24.8 Å². The predicted octanol–water partition coefficient (Wildman–Crippen LogP) is 3.19. The fraction of sp³-hybridized carbons (Fsp3) is 0.700. The number of hydrogen-bond acceptors (Lipinski definition) is 3. The summed E-state index contributed by atoms with van der Waals surface area (Å²) in [6.45, 7) is 8.95. The van der Waals surface area contributed by atoms with Crippen molar-refractivity contribution in [3.8, 4) is 0 Å². The molecule has 1 saturated carbocycles. The second kappa shape index (κ2) is 6.83. The average Bonchev–Trinajstić information content (AvgIpc) is 2.97. The van der Waals surface area contributed by atoms with Crippen molar-refractivity contribution in [2.24, 2.45) is 17.3 Å². The van der Waals surface area contributed by atoms with Gasteiger partial charge in [-0.25, -0.2) is 0 Å². The Morgan fingerprint density at radius 2 is 1.96 bits per heavy atom. The molecule has 132 valence electrons. The summed E-state index contributed by atoms with van der Waals surface area (Å²) in [5, 5.41) is 0. The minimum absolute atomic E-state index is 0.272. The third kappa shape index (κ3) is 3.64. The Morgan fingerprint density at radius 1 is 1.25 bits per heavy atom. The van der Waals surface area contributed by atoms with Crippen molar-refractivity contribution in [3.05, 3.63) is 30.1 Å². The molecule has 1 aliphatic carbocycles. The number of fused-ring (bicyclic) bond motifs is 1. The average molecular weight is 329 g/mol. The second-order valence-corrected chi connectivity index (χ2v) is 8.65. The Labute approximate surface area is 146 Å². The molecular formula is C20H31N3O. The van der Waals surface area contributed by atoms with Crippen LogP contribution < -0.4 is 0 Å². The first kappa shape index (κ1) is 17.4. The van der Waals surface area contributed by atoms with Gasteiger partial charge in [0, 0.05) is 43.5 Å². The topological polar surface area (TPSA) is 36.4 Å². The molecule has 1 amide bonds. The van der Waals surface area contributed by atoms with Crippen molar-refractivity contribution in [2.75, 3.05) is 20.1 Å². The van der Waals surface area contributed by atoms with Gasteiger partial charge >= 0.3 is 0 Å². The molecule has 3 unspecified atom stereocenters. The lowest BCUT2D eigenvalue weighted by Crippen LogP contribution is -2.44. The quantitative estimate of drug-likeness (QED) is 0.854. The molecular weight excluding hydrogens is 298 g/mol. The summed E-state index contributed by atoms with van der Waals surface area (Å²) in [6.07, 6.45) is 7.54. The lowest BCUT2D eigenvalue weighted by Gasteiger charge is -2.39. The van der Waals surface area contributed by atoms with Gasteiger partial charge in [0.15, 0.2) is 0 Å². The highest BCUT2D eigenvalue weighted by atomic mass is 16.2. The highest BCUT2D eigenvalue weighted by Gasteiger charge is 2.44. The number of aromatic nitrogens is 1. The van der Waals surface area contributed by atoms with Crippen LogP contribution in [0.4, 0.5) is 0 Å². The largest absolute Gasteiger partial charge is 0.342 e. The lowest BCUT2D eigenvalue weighted by atomic mass is 9.77. The number of hydrogen-bond donors (Lipinski definition) is 0. The van der Waals surface area contributed by atoms with Crippen LogP contribution in [-0.2, 0) is 11.3 Å². The van der Waals surface area contributed by atoms with Gasteiger partial charge in [0.2, 0.25) is 5.91 Å². The van der Waals surface area contributed by atoms with E-state index in [0.717, 1.165) is 19.6 Å². The summed E-state index contributed by atoms with van der Waals surface area (Å²) in [5.41, 5.74) is 1.04. The number of rotatable bonds is 3. The van der Waals surface area contributed by atoms with Gasteiger partial charge in [-0.15, -0.1) is 0 Å². The zero-order valence-corrected chi connectivity index (χ0v) is 15.5. The van der Waals surface area contributed by atoms with Crippen LogP contribution in [0.3, 0.4) is 0 Å². The third-order valence-electron chi connectivity index (χ3n) is 5.74. The molecule has 3 rings (SSSR count). The van der Waals surface area contributed by atoms with Crippen LogP contribution in [-0.4, -0.2) is 46.9 Å². The molecule has 2 heterocycles. The van der Waals surface area contributed by atoms with Gasteiger partial charge in [0.05, 0.1) is 0 Å². The molecule has 1 aromatic heterocycles. The Balaban J connectivity index is 1.68. The van der Waals surface area contributed by atoms with Crippen molar-refractivity contribution in [1.29, 1.82) is 0 Å². The molecule has 1 aromatic rings. The maximum atomic E-state index is 12.7. The molecule has 3 atom stereocenters. The highest BCUT2D eigenvalue weighted by Crippen LogP contribution is 2.40. The minimum Gasteiger partial charge on any atom is -0.342 e. The van der Waals surface area contributed by atoms with E-state index in [1.54, 1.807) is 0 Å². The van der Waals surface area contributed by atoms with E-state index in [9.17, 15) is 4.79 Å². The molecule has 0 aromatic carbocycles. The summed E-state index contributed by atoms with van der Waals surface area (Å²) in [4.78, 5) is 21.4. The van der Waals surface area contributed by atoms with E-state index in [2.05, 4.69) is 34.0 Å². The summed E-state index contributed by atoms with van der Waals surface area (Å²) in [7, 11) is 2.24. The molecule has 24 heavy (non-hydrogen) atoms. The molecule has 0 N–H and O–H groups in total. The molecule has 4 nitrogen and oxygen atoms in total. The first-order valence-electron chi connectivity index (χ1n) is 9.25. The Morgan fingerprint density at radius 3 is 2.62 bits per heavy atom. The van der Waals surface area contributed by atoms with Crippen molar-refractivity contribution < 1.29 is 4.79 Å². The summed E-state index contributed by atoms with van der Waals surface area (Å²) in [6, 6.07) is 4.77. The van der Waals surface area contributed by atoms with E-state index >= 15 is 0 Å². The monoisotopic (exact) mass is 329 g/mol. The van der Waals surface area contributed by atoms with Crippen LogP contribution >= 0.6 is 0 Å². The van der Waals surface area contributed by atoms with Gasteiger partial charge in [-0.1, -0.05) is 27.2 Å². The van der Waals surface area contributed by atoms with Crippen LogP contribution in [0.1, 0.15) is 45.6 Å². The van der Waals surface area contributed by atoms with Crippen molar-refractivity contribution in [2.45, 2.75) is 52.6 Å².